The first-order valence-corrected chi connectivity index (χ1v) is 17.2. The number of carbonyl (C=O) groups is 3. The van der Waals surface area contributed by atoms with Gasteiger partial charge in [0.2, 0.25) is 0 Å². The summed E-state index contributed by atoms with van der Waals surface area (Å²) in [5.74, 6) is -0.298. The molecule has 284 valence electrons. The van der Waals surface area contributed by atoms with Gasteiger partial charge in [0.1, 0.15) is 22.8 Å². The highest BCUT2D eigenvalue weighted by atomic mass is 16.4. The van der Waals surface area contributed by atoms with Crippen LogP contribution in [0.5, 0.6) is 0 Å². The van der Waals surface area contributed by atoms with Gasteiger partial charge in [0.15, 0.2) is 17.4 Å². The molecule has 0 aliphatic rings. The van der Waals surface area contributed by atoms with Gasteiger partial charge < -0.3 is 21.8 Å². The van der Waals surface area contributed by atoms with Crippen LogP contribution in [0.25, 0.3) is 56.0 Å². The standard InChI is InChI=1S/C20H16N6O2.C20H15N5O2.CH4O/c1-12(25-28)15-4-2-5-16(23-15)13-8-9-14-11-22-26(18(14)10-13)19-7-3-6-17(24-19)20(21)27;1-12(26)15-4-2-5-16(23-15)13-8-9-14-11-22-25(18(14)10-13)19-7-3-6-17(24-19)20(21)27;1-2/h2-11,28H,1H3,(H2,21,27);2-11H,1H3,(H2,21,27);2H,1H3/b25-12+;;. The van der Waals surface area contributed by atoms with E-state index in [1.165, 1.54) is 6.92 Å². The van der Waals surface area contributed by atoms with Crippen molar-refractivity contribution in [1.82, 2.24) is 39.5 Å². The molecule has 0 aliphatic heterocycles. The van der Waals surface area contributed by atoms with Crippen LogP contribution in [0.2, 0.25) is 0 Å². The highest BCUT2D eigenvalue weighted by Gasteiger charge is 2.13. The predicted molar refractivity (Wildman–Crippen MR) is 213 cm³/mol. The Labute approximate surface area is 324 Å². The zero-order chi connectivity index (χ0) is 40.6. The minimum atomic E-state index is -0.598. The van der Waals surface area contributed by atoms with Crippen LogP contribution in [-0.2, 0) is 0 Å². The number of carbonyl (C=O) groups excluding carboxylic acids is 3. The van der Waals surface area contributed by atoms with E-state index >= 15 is 0 Å². The second-order valence-electron chi connectivity index (χ2n) is 12.2. The number of primary amides is 2. The van der Waals surface area contributed by atoms with Gasteiger partial charge in [0.25, 0.3) is 11.8 Å². The molecule has 0 unspecified atom stereocenters. The van der Waals surface area contributed by atoms with Gasteiger partial charge in [-0.25, -0.2) is 29.3 Å². The van der Waals surface area contributed by atoms with E-state index in [9.17, 15) is 14.4 Å². The molecule has 0 aliphatic carbocycles. The number of aliphatic hydroxyl groups excluding tert-OH is 1. The molecule has 16 nitrogen and oxygen atoms in total. The van der Waals surface area contributed by atoms with Crippen LogP contribution in [0.1, 0.15) is 51.0 Å². The van der Waals surface area contributed by atoms with Crippen molar-refractivity contribution in [2.75, 3.05) is 7.11 Å². The fraction of sp³-hybridized carbons (Fsp3) is 0.0732. The molecule has 57 heavy (non-hydrogen) atoms. The Kier molecular flexibility index (Phi) is 11.6. The van der Waals surface area contributed by atoms with Crippen molar-refractivity contribution >= 4 is 45.1 Å². The predicted octanol–water partition coefficient (Wildman–Crippen LogP) is 5.17. The summed E-state index contributed by atoms with van der Waals surface area (Å²) in [6.07, 6.45) is 3.45. The molecule has 0 saturated carbocycles. The summed E-state index contributed by atoms with van der Waals surface area (Å²) >= 11 is 0. The first kappa shape index (κ1) is 38.7. The molecule has 2 amide bonds. The van der Waals surface area contributed by atoms with Crippen LogP contribution in [0, 0.1) is 0 Å². The lowest BCUT2D eigenvalue weighted by Crippen LogP contribution is -2.14. The fourth-order valence-corrected chi connectivity index (χ4v) is 5.72. The van der Waals surface area contributed by atoms with Crippen molar-refractivity contribution in [3.05, 3.63) is 144 Å². The minimum Gasteiger partial charge on any atom is -0.411 e. The van der Waals surface area contributed by atoms with Crippen LogP contribution < -0.4 is 11.5 Å². The maximum Gasteiger partial charge on any atom is 0.267 e. The summed E-state index contributed by atoms with van der Waals surface area (Å²) in [7, 11) is 1.00. The van der Waals surface area contributed by atoms with Gasteiger partial charge in [-0.05, 0) is 67.6 Å². The van der Waals surface area contributed by atoms with Gasteiger partial charge >= 0.3 is 0 Å². The van der Waals surface area contributed by atoms with Crippen LogP contribution in [-0.4, -0.2) is 80.2 Å². The quantitative estimate of drug-likeness (QED) is 0.0681. The highest BCUT2D eigenvalue weighted by Crippen LogP contribution is 2.27. The van der Waals surface area contributed by atoms with Crippen LogP contribution in [0.4, 0.5) is 0 Å². The Morgan fingerprint density at radius 2 is 0.982 bits per heavy atom. The number of pyridine rings is 4. The number of ketones is 1. The van der Waals surface area contributed by atoms with Crippen molar-refractivity contribution in [2.45, 2.75) is 13.8 Å². The van der Waals surface area contributed by atoms with Gasteiger partial charge in [-0.2, -0.15) is 10.2 Å². The van der Waals surface area contributed by atoms with Gasteiger partial charge in [-0.15, -0.1) is 0 Å². The Balaban J connectivity index is 0.000000185. The molecule has 8 rings (SSSR count). The van der Waals surface area contributed by atoms with E-state index in [-0.39, 0.29) is 17.2 Å². The number of Topliss-reactive ketones (excluding diaryl/α,β-unsaturated/α-hetero) is 1. The first-order valence-electron chi connectivity index (χ1n) is 17.2. The Bertz CT molecular complexity index is 2810. The summed E-state index contributed by atoms with van der Waals surface area (Å²) in [5.41, 5.74) is 17.2. The second-order valence-corrected chi connectivity index (χ2v) is 12.2. The number of nitrogens with zero attached hydrogens (tertiary/aromatic N) is 9. The Morgan fingerprint density at radius 1 is 0.561 bits per heavy atom. The molecular weight excluding hydrogens is 727 g/mol. The molecule has 6 aromatic heterocycles. The van der Waals surface area contributed by atoms with Gasteiger partial charge in [-0.3, -0.25) is 14.4 Å². The number of benzene rings is 2. The number of aliphatic hydroxyl groups is 1. The molecule has 0 radical (unpaired) electrons. The maximum atomic E-state index is 11.6. The normalized spacial score (nSPS) is 11.0. The minimum absolute atomic E-state index is 0.0876. The van der Waals surface area contributed by atoms with E-state index in [0.29, 0.717) is 34.4 Å². The summed E-state index contributed by atoms with van der Waals surface area (Å²) < 4.78 is 3.29. The van der Waals surface area contributed by atoms with E-state index in [4.69, 9.17) is 21.8 Å². The molecule has 8 aromatic rings. The molecular formula is C41H35N11O5. The van der Waals surface area contributed by atoms with Gasteiger partial charge in [0.05, 0.1) is 40.5 Å². The molecule has 6 heterocycles. The smallest absolute Gasteiger partial charge is 0.267 e. The zero-order valence-corrected chi connectivity index (χ0v) is 30.8. The van der Waals surface area contributed by atoms with Crippen LogP contribution in [0.3, 0.4) is 0 Å². The van der Waals surface area contributed by atoms with Crippen molar-refractivity contribution in [2.24, 2.45) is 16.6 Å². The third-order valence-corrected chi connectivity index (χ3v) is 8.52. The molecule has 2 aromatic carbocycles. The summed E-state index contributed by atoms with van der Waals surface area (Å²) in [6, 6.07) is 32.5. The number of aromatic nitrogens is 8. The second kappa shape index (κ2) is 17.0. The van der Waals surface area contributed by atoms with Crippen molar-refractivity contribution in [3.63, 3.8) is 0 Å². The lowest BCUT2D eigenvalue weighted by molar-refractivity contribution is 0.0987. The average molecular weight is 762 g/mol. The van der Waals surface area contributed by atoms with Gasteiger partial charge in [0, 0.05) is 35.9 Å². The van der Waals surface area contributed by atoms with Crippen LogP contribution in [0.15, 0.2) is 127 Å². The number of hydrogen-bond acceptors (Lipinski definition) is 12. The third kappa shape index (κ3) is 8.40. The molecule has 0 atom stereocenters. The maximum absolute atomic E-state index is 11.6. The molecule has 6 N–H and O–H groups in total. The van der Waals surface area contributed by atoms with E-state index in [1.807, 2.05) is 54.6 Å². The molecule has 0 spiro atoms. The molecule has 0 fully saturated rings. The van der Waals surface area contributed by atoms with E-state index in [1.54, 1.807) is 83.3 Å². The number of rotatable bonds is 8. The number of nitrogens with two attached hydrogens (primary N) is 2. The van der Waals surface area contributed by atoms with Crippen molar-refractivity contribution in [1.29, 1.82) is 0 Å². The topological polar surface area (TPSA) is 243 Å². The molecule has 0 bridgehead atoms. The number of fused-ring (bicyclic) bond motifs is 2. The lowest BCUT2D eigenvalue weighted by Gasteiger charge is -2.07. The molecule has 16 heteroatoms. The van der Waals surface area contributed by atoms with E-state index in [2.05, 4.69) is 35.3 Å². The van der Waals surface area contributed by atoms with Crippen LogP contribution >= 0.6 is 0 Å². The number of amides is 2. The van der Waals surface area contributed by atoms with Crippen molar-refractivity contribution in [3.8, 4) is 34.2 Å². The number of oxime groups is 1. The van der Waals surface area contributed by atoms with E-state index in [0.717, 1.165) is 45.7 Å². The lowest BCUT2D eigenvalue weighted by atomic mass is 10.1. The van der Waals surface area contributed by atoms with Crippen molar-refractivity contribution < 1.29 is 24.7 Å². The zero-order valence-electron chi connectivity index (χ0n) is 30.8. The molecule has 0 saturated heterocycles. The van der Waals surface area contributed by atoms with E-state index < -0.39 is 11.8 Å². The summed E-state index contributed by atoms with van der Waals surface area (Å²) in [6.45, 7) is 3.17. The highest BCUT2D eigenvalue weighted by molar-refractivity contribution is 5.97. The SMILES string of the molecule is C/C(=N\O)c1cccc(-c2ccc3cnn(-c4cccc(C(N)=O)n4)c3c2)n1.CC(=O)c1cccc(-c2ccc3cnn(-c4cccc(C(N)=O)n4)c3c2)n1.CO. The Hall–Kier alpha value is -7.98. The monoisotopic (exact) mass is 761 g/mol. The third-order valence-electron chi connectivity index (χ3n) is 8.52. The largest absolute Gasteiger partial charge is 0.411 e. The van der Waals surface area contributed by atoms with Gasteiger partial charge in [-0.1, -0.05) is 53.7 Å². The first-order chi connectivity index (χ1) is 27.6. The Morgan fingerprint density at radius 3 is 1.42 bits per heavy atom. The summed E-state index contributed by atoms with van der Waals surface area (Å²) in [4.78, 5) is 52.0. The number of hydrogen-bond donors (Lipinski definition) is 4. The average Bonchev–Trinajstić information content (AvgIpc) is 3.88. The summed E-state index contributed by atoms with van der Waals surface area (Å²) in [5, 5.41) is 29.8. The fourth-order valence-electron chi connectivity index (χ4n) is 5.72.